The van der Waals surface area contributed by atoms with Crippen LogP contribution in [0.4, 0.5) is 5.69 Å². The first-order chi connectivity index (χ1) is 12.2. The van der Waals surface area contributed by atoms with Gasteiger partial charge in [0.25, 0.3) is 0 Å². The van der Waals surface area contributed by atoms with E-state index in [9.17, 15) is 4.79 Å². The molecule has 4 atom stereocenters. The van der Waals surface area contributed by atoms with E-state index in [-0.39, 0.29) is 11.8 Å². The summed E-state index contributed by atoms with van der Waals surface area (Å²) in [6.07, 6.45) is 4.04. The molecule has 0 aliphatic carbocycles. The number of carbonyl (C=O) groups excluding carboxylic acids is 1. The number of rotatable bonds is 5. The highest BCUT2D eigenvalue weighted by atomic mass is 16.2. The summed E-state index contributed by atoms with van der Waals surface area (Å²) in [5, 5.41) is 11.3. The summed E-state index contributed by atoms with van der Waals surface area (Å²) in [5.74, 6) is 0.655. The first kappa shape index (κ1) is 16.2. The molecule has 5 rings (SSSR count). The maximum Gasteiger partial charge on any atom is 0.229 e. The van der Waals surface area contributed by atoms with Gasteiger partial charge in [-0.05, 0) is 37.4 Å². The van der Waals surface area contributed by atoms with Crippen LogP contribution >= 0.6 is 0 Å². The maximum absolute atomic E-state index is 12.7. The van der Waals surface area contributed by atoms with Crippen LogP contribution in [0.3, 0.4) is 0 Å². The van der Waals surface area contributed by atoms with Crippen molar-refractivity contribution in [2.24, 2.45) is 17.6 Å². The van der Waals surface area contributed by atoms with Crippen LogP contribution < -0.4 is 11.1 Å². The summed E-state index contributed by atoms with van der Waals surface area (Å²) in [4.78, 5) is 15.1. The maximum atomic E-state index is 12.7. The lowest BCUT2D eigenvalue weighted by Gasteiger charge is -2.49. The molecule has 4 heterocycles. The van der Waals surface area contributed by atoms with E-state index in [0.29, 0.717) is 18.5 Å². The molecule has 3 N–H and O–H groups in total. The summed E-state index contributed by atoms with van der Waals surface area (Å²) >= 11 is 0. The van der Waals surface area contributed by atoms with Gasteiger partial charge in [0.05, 0.1) is 18.2 Å². The highest BCUT2D eigenvalue weighted by Gasteiger charge is 2.43. The molecule has 7 nitrogen and oxygen atoms in total. The van der Waals surface area contributed by atoms with E-state index in [2.05, 4.69) is 20.5 Å². The van der Waals surface area contributed by atoms with Gasteiger partial charge in [-0.2, -0.15) is 0 Å². The molecule has 3 saturated heterocycles. The number of nitrogens with two attached hydrogens (primary N) is 1. The lowest BCUT2D eigenvalue weighted by atomic mass is 9.75. The standard InChI is InChI=1S/C18H24N6O/c19-9-15-10-24(22-21-15)11-16-8-13-6-7-23(16)12-17(13)18(25)20-14-4-2-1-3-5-14/h1-5,10,13,16-17H,6-9,11-12,19H2,(H,20,25). The van der Waals surface area contributed by atoms with Gasteiger partial charge in [0.2, 0.25) is 5.91 Å². The molecule has 3 aliphatic rings. The first-order valence-corrected chi connectivity index (χ1v) is 8.92. The van der Waals surface area contributed by atoms with E-state index in [0.717, 1.165) is 43.9 Å². The minimum absolute atomic E-state index is 0.0700. The Bertz CT molecular complexity index is 730. The lowest BCUT2D eigenvalue weighted by molar-refractivity contribution is -0.127. The summed E-state index contributed by atoms with van der Waals surface area (Å²) in [7, 11) is 0. The van der Waals surface area contributed by atoms with E-state index in [4.69, 9.17) is 5.73 Å². The number of nitrogens with zero attached hydrogens (tertiary/aromatic N) is 4. The fourth-order valence-corrected chi connectivity index (χ4v) is 4.12. The lowest BCUT2D eigenvalue weighted by Crippen LogP contribution is -2.57. The molecule has 7 heteroatoms. The molecule has 4 unspecified atom stereocenters. The van der Waals surface area contributed by atoms with Gasteiger partial charge in [-0.15, -0.1) is 5.10 Å². The zero-order valence-electron chi connectivity index (χ0n) is 14.2. The molecule has 2 aromatic rings. The number of hydrogen-bond acceptors (Lipinski definition) is 5. The van der Waals surface area contributed by atoms with Crippen molar-refractivity contribution >= 4 is 11.6 Å². The van der Waals surface area contributed by atoms with Crippen molar-refractivity contribution < 1.29 is 4.79 Å². The molecule has 25 heavy (non-hydrogen) atoms. The summed E-state index contributed by atoms with van der Waals surface area (Å²) in [6, 6.07) is 10.1. The fourth-order valence-electron chi connectivity index (χ4n) is 4.12. The topological polar surface area (TPSA) is 89.1 Å². The Morgan fingerprint density at radius 2 is 2.16 bits per heavy atom. The molecule has 0 radical (unpaired) electrons. The SMILES string of the molecule is NCc1cn(CC2CC3CCN2CC3C(=O)Nc2ccccc2)nn1. The van der Waals surface area contributed by atoms with Crippen molar-refractivity contribution in [3.05, 3.63) is 42.2 Å². The van der Waals surface area contributed by atoms with Crippen molar-refractivity contribution in [1.29, 1.82) is 0 Å². The van der Waals surface area contributed by atoms with Gasteiger partial charge >= 0.3 is 0 Å². The van der Waals surface area contributed by atoms with Gasteiger partial charge in [0.15, 0.2) is 0 Å². The van der Waals surface area contributed by atoms with Crippen molar-refractivity contribution in [1.82, 2.24) is 19.9 Å². The molecule has 2 bridgehead atoms. The molecular weight excluding hydrogens is 316 g/mol. The highest BCUT2D eigenvalue weighted by Crippen LogP contribution is 2.37. The van der Waals surface area contributed by atoms with Gasteiger partial charge in [0.1, 0.15) is 0 Å². The van der Waals surface area contributed by atoms with Crippen LogP contribution in [-0.2, 0) is 17.9 Å². The highest BCUT2D eigenvalue weighted by molar-refractivity contribution is 5.93. The third-order valence-corrected chi connectivity index (χ3v) is 5.45. The molecular formula is C18H24N6O. The third-order valence-electron chi connectivity index (χ3n) is 5.45. The summed E-state index contributed by atoms with van der Waals surface area (Å²) in [6.45, 7) is 3.12. The monoisotopic (exact) mass is 340 g/mol. The Balaban J connectivity index is 1.38. The van der Waals surface area contributed by atoms with Crippen LogP contribution in [0, 0.1) is 11.8 Å². The van der Waals surface area contributed by atoms with Crippen LogP contribution in [0.1, 0.15) is 18.5 Å². The van der Waals surface area contributed by atoms with Crippen LogP contribution in [0.2, 0.25) is 0 Å². The fraction of sp³-hybridized carbons (Fsp3) is 0.500. The van der Waals surface area contributed by atoms with Gasteiger partial charge < -0.3 is 11.1 Å². The van der Waals surface area contributed by atoms with Crippen LogP contribution in [0.5, 0.6) is 0 Å². The zero-order chi connectivity index (χ0) is 17.2. The van der Waals surface area contributed by atoms with Gasteiger partial charge in [0, 0.05) is 31.0 Å². The number of fused-ring (bicyclic) bond motifs is 3. The largest absolute Gasteiger partial charge is 0.326 e. The number of amides is 1. The molecule has 0 spiro atoms. The number of benzene rings is 1. The predicted molar refractivity (Wildman–Crippen MR) is 94.6 cm³/mol. The number of aromatic nitrogens is 3. The zero-order valence-corrected chi connectivity index (χ0v) is 14.2. The molecule has 1 aromatic heterocycles. The van der Waals surface area contributed by atoms with E-state index >= 15 is 0 Å². The molecule has 132 valence electrons. The van der Waals surface area contributed by atoms with E-state index in [1.807, 2.05) is 41.2 Å². The smallest absolute Gasteiger partial charge is 0.229 e. The second kappa shape index (κ2) is 6.93. The molecule has 0 saturated carbocycles. The van der Waals surface area contributed by atoms with Crippen LogP contribution in [0.25, 0.3) is 0 Å². The quantitative estimate of drug-likeness (QED) is 0.850. The van der Waals surface area contributed by atoms with Crippen LogP contribution in [0.15, 0.2) is 36.5 Å². The minimum Gasteiger partial charge on any atom is -0.326 e. The molecule has 1 aromatic carbocycles. The summed E-state index contributed by atoms with van der Waals surface area (Å²) in [5.41, 5.74) is 7.29. The van der Waals surface area contributed by atoms with E-state index < -0.39 is 0 Å². The Hall–Kier alpha value is -2.25. The van der Waals surface area contributed by atoms with Gasteiger partial charge in [-0.3, -0.25) is 14.4 Å². The second-order valence-electron chi connectivity index (χ2n) is 7.03. The Kier molecular flexibility index (Phi) is 4.50. The molecule has 1 amide bonds. The third kappa shape index (κ3) is 3.43. The summed E-state index contributed by atoms with van der Waals surface area (Å²) < 4.78 is 1.88. The Morgan fingerprint density at radius 1 is 1.32 bits per heavy atom. The average molecular weight is 340 g/mol. The minimum atomic E-state index is 0.0700. The second-order valence-corrected chi connectivity index (χ2v) is 7.03. The first-order valence-electron chi connectivity index (χ1n) is 8.92. The number of piperidine rings is 3. The van der Waals surface area contributed by atoms with Gasteiger partial charge in [-0.25, -0.2) is 0 Å². The van der Waals surface area contributed by atoms with Gasteiger partial charge in [-0.1, -0.05) is 23.4 Å². The predicted octanol–water partition coefficient (Wildman–Crippen LogP) is 1.09. The number of para-hydroxylation sites is 1. The number of hydrogen-bond donors (Lipinski definition) is 2. The van der Waals surface area contributed by atoms with Crippen molar-refractivity contribution in [2.45, 2.75) is 32.0 Å². The van der Waals surface area contributed by atoms with E-state index in [1.54, 1.807) is 0 Å². The van der Waals surface area contributed by atoms with Crippen molar-refractivity contribution in [2.75, 3.05) is 18.4 Å². The van der Waals surface area contributed by atoms with Crippen molar-refractivity contribution in [3.63, 3.8) is 0 Å². The van der Waals surface area contributed by atoms with E-state index in [1.165, 1.54) is 0 Å². The Morgan fingerprint density at radius 3 is 2.84 bits per heavy atom. The average Bonchev–Trinajstić information content (AvgIpc) is 3.10. The number of anilines is 1. The van der Waals surface area contributed by atoms with Crippen LogP contribution in [-0.4, -0.2) is 44.9 Å². The van der Waals surface area contributed by atoms with Crippen molar-refractivity contribution in [3.8, 4) is 0 Å². The molecule has 3 fully saturated rings. The molecule has 3 aliphatic heterocycles. The number of carbonyl (C=O) groups is 1. The Labute approximate surface area is 147 Å². The number of nitrogens with one attached hydrogen (secondary N) is 1. The normalized spacial score (nSPS) is 28.0.